The summed E-state index contributed by atoms with van der Waals surface area (Å²) in [5.41, 5.74) is 0.684. The molecular formula is C11H15NO4S. The third-order valence-electron chi connectivity index (χ3n) is 2.89. The van der Waals surface area contributed by atoms with Gasteiger partial charge in [-0.3, -0.25) is 0 Å². The Morgan fingerprint density at radius 3 is 2.82 bits per heavy atom. The summed E-state index contributed by atoms with van der Waals surface area (Å²) in [6, 6.07) is 6.81. The lowest BCUT2D eigenvalue weighted by Gasteiger charge is -2.32. The largest absolute Gasteiger partial charge is 0.395 e. The van der Waals surface area contributed by atoms with Gasteiger partial charge >= 0.3 is 0 Å². The Morgan fingerprint density at radius 1 is 1.47 bits per heavy atom. The van der Waals surface area contributed by atoms with E-state index >= 15 is 0 Å². The van der Waals surface area contributed by atoms with Crippen LogP contribution < -0.4 is 0 Å². The lowest BCUT2D eigenvalue weighted by molar-refractivity contribution is 0.0742. The molecule has 1 atom stereocenters. The maximum absolute atomic E-state index is 12.2. The first-order chi connectivity index (χ1) is 8.11. The van der Waals surface area contributed by atoms with Crippen molar-refractivity contribution < 1.29 is 18.3 Å². The number of β-amino-alcohol motifs (C(OH)–C–C–N with tert-alkyl or cyclic N) is 1. The van der Waals surface area contributed by atoms with Crippen LogP contribution in [0.4, 0.5) is 0 Å². The van der Waals surface area contributed by atoms with Crippen molar-refractivity contribution in [1.29, 1.82) is 0 Å². The fourth-order valence-electron chi connectivity index (χ4n) is 2.03. The fourth-order valence-corrected chi connectivity index (χ4v) is 3.71. The number of hydrogen-bond donors (Lipinski definition) is 1. The number of aliphatic hydroxyl groups excluding tert-OH is 1. The average molecular weight is 257 g/mol. The van der Waals surface area contributed by atoms with Gasteiger partial charge in [-0.25, -0.2) is 8.42 Å². The Labute approximate surface area is 101 Å². The van der Waals surface area contributed by atoms with Crippen LogP contribution in [0, 0.1) is 0 Å². The minimum atomic E-state index is -3.49. The van der Waals surface area contributed by atoms with Crippen LogP contribution in [0.5, 0.6) is 0 Å². The third-order valence-corrected chi connectivity index (χ3v) is 4.83. The van der Waals surface area contributed by atoms with Crippen molar-refractivity contribution in [1.82, 2.24) is 4.31 Å². The van der Waals surface area contributed by atoms with Crippen LogP contribution in [-0.4, -0.2) is 44.6 Å². The quantitative estimate of drug-likeness (QED) is 0.849. The molecule has 2 rings (SSSR count). The van der Waals surface area contributed by atoms with Crippen molar-refractivity contribution in [3.8, 4) is 0 Å². The Morgan fingerprint density at radius 2 is 2.18 bits per heavy atom. The molecule has 17 heavy (non-hydrogen) atoms. The molecular weight excluding hydrogens is 242 g/mol. The molecule has 0 saturated carbocycles. The van der Waals surface area contributed by atoms with E-state index in [4.69, 9.17) is 9.84 Å². The van der Waals surface area contributed by atoms with Crippen molar-refractivity contribution in [3.63, 3.8) is 0 Å². The van der Waals surface area contributed by atoms with E-state index in [1.165, 1.54) is 4.31 Å². The molecule has 0 radical (unpaired) electrons. The van der Waals surface area contributed by atoms with Gasteiger partial charge in [-0.1, -0.05) is 18.2 Å². The van der Waals surface area contributed by atoms with Gasteiger partial charge < -0.3 is 9.84 Å². The molecule has 5 nitrogen and oxygen atoms in total. The molecule has 6 heteroatoms. The summed E-state index contributed by atoms with van der Waals surface area (Å²) in [6.07, 6.45) is -0.277. The van der Waals surface area contributed by atoms with Gasteiger partial charge in [0.25, 0.3) is 0 Å². The van der Waals surface area contributed by atoms with Gasteiger partial charge in [0.05, 0.1) is 17.6 Å². The van der Waals surface area contributed by atoms with Crippen LogP contribution >= 0.6 is 0 Å². The van der Waals surface area contributed by atoms with E-state index in [9.17, 15) is 8.42 Å². The number of hydrogen-bond acceptors (Lipinski definition) is 4. The topological polar surface area (TPSA) is 66.8 Å². The maximum atomic E-state index is 12.2. The van der Waals surface area contributed by atoms with Crippen LogP contribution in [0.25, 0.3) is 0 Å². The molecule has 0 amide bonds. The molecule has 0 saturated heterocycles. The molecule has 1 N–H and O–H groups in total. The molecule has 0 spiro atoms. The van der Waals surface area contributed by atoms with E-state index in [1.807, 2.05) is 0 Å². The normalized spacial score (nSPS) is 23.3. The number of aliphatic hydroxyl groups is 1. The van der Waals surface area contributed by atoms with Crippen LogP contribution in [0.3, 0.4) is 0 Å². The van der Waals surface area contributed by atoms with E-state index in [2.05, 4.69) is 0 Å². The highest BCUT2D eigenvalue weighted by atomic mass is 32.2. The molecule has 0 unspecified atom stereocenters. The van der Waals surface area contributed by atoms with Crippen LogP contribution in [0.1, 0.15) is 11.7 Å². The highest BCUT2D eigenvalue weighted by Gasteiger charge is 2.36. The fraction of sp³-hybridized carbons (Fsp3) is 0.455. The van der Waals surface area contributed by atoms with Gasteiger partial charge in [0.2, 0.25) is 10.0 Å². The predicted molar refractivity (Wildman–Crippen MR) is 62.0 cm³/mol. The van der Waals surface area contributed by atoms with Gasteiger partial charge in [-0.15, -0.1) is 0 Å². The summed E-state index contributed by atoms with van der Waals surface area (Å²) in [5.74, 6) is 0. The van der Waals surface area contributed by atoms with Crippen molar-refractivity contribution in [2.45, 2.75) is 11.0 Å². The molecule has 0 aliphatic carbocycles. The summed E-state index contributed by atoms with van der Waals surface area (Å²) in [5, 5.41) is 8.91. The van der Waals surface area contributed by atoms with Gasteiger partial charge in [-0.05, 0) is 6.07 Å². The minimum absolute atomic E-state index is 0.0938. The molecule has 1 aromatic carbocycles. The first kappa shape index (κ1) is 12.5. The van der Waals surface area contributed by atoms with E-state index in [1.54, 1.807) is 31.4 Å². The number of benzene rings is 1. The third kappa shape index (κ3) is 2.09. The average Bonchev–Trinajstić information content (AvgIpc) is 2.33. The molecule has 94 valence electrons. The highest BCUT2D eigenvalue weighted by Crippen LogP contribution is 2.33. The zero-order valence-electron chi connectivity index (χ0n) is 9.54. The number of rotatable bonds is 3. The summed E-state index contributed by atoms with van der Waals surface area (Å²) >= 11 is 0. The maximum Gasteiger partial charge on any atom is 0.243 e. The monoisotopic (exact) mass is 257 g/mol. The SMILES string of the molecule is CO[C@H]1CN(CCO)S(=O)(=O)c2ccccc21. The van der Waals surface area contributed by atoms with Crippen LogP contribution in [-0.2, 0) is 14.8 Å². The zero-order valence-corrected chi connectivity index (χ0v) is 10.4. The van der Waals surface area contributed by atoms with E-state index < -0.39 is 10.0 Å². The molecule has 0 fully saturated rings. The summed E-state index contributed by atoms with van der Waals surface area (Å²) in [6.45, 7) is 0.144. The Kier molecular flexibility index (Phi) is 3.48. The number of ether oxygens (including phenoxy) is 1. The van der Waals surface area contributed by atoms with Crippen molar-refractivity contribution in [2.75, 3.05) is 26.8 Å². The number of fused-ring (bicyclic) bond motifs is 1. The number of sulfonamides is 1. The van der Waals surface area contributed by atoms with Crippen LogP contribution in [0.15, 0.2) is 29.2 Å². The van der Waals surface area contributed by atoms with Gasteiger partial charge in [0.1, 0.15) is 0 Å². The molecule has 1 heterocycles. The summed E-state index contributed by atoms with van der Waals surface area (Å²) in [4.78, 5) is 0.270. The zero-order chi connectivity index (χ0) is 12.5. The van der Waals surface area contributed by atoms with E-state index in [-0.39, 0.29) is 30.7 Å². The Bertz CT molecular complexity index is 500. The summed E-state index contributed by atoms with van der Waals surface area (Å²) in [7, 11) is -1.94. The minimum Gasteiger partial charge on any atom is -0.395 e. The predicted octanol–water partition coefficient (Wildman–Crippen LogP) is 0.371. The standard InChI is InChI=1S/C11H15NO4S/c1-16-10-8-12(6-7-13)17(14,15)11-5-3-2-4-9(10)11/h2-5,10,13H,6-8H2,1H3/t10-/m0/s1. The Balaban J connectivity index is 2.52. The first-order valence-electron chi connectivity index (χ1n) is 5.34. The van der Waals surface area contributed by atoms with Crippen molar-refractivity contribution >= 4 is 10.0 Å². The molecule has 0 bridgehead atoms. The smallest absolute Gasteiger partial charge is 0.243 e. The Hall–Kier alpha value is -0.950. The van der Waals surface area contributed by atoms with Gasteiger partial charge in [0.15, 0.2) is 0 Å². The second kappa shape index (κ2) is 4.73. The molecule has 1 aliphatic heterocycles. The van der Waals surface area contributed by atoms with Crippen molar-refractivity contribution in [3.05, 3.63) is 29.8 Å². The highest BCUT2D eigenvalue weighted by molar-refractivity contribution is 7.89. The molecule has 1 aromatic rings. The lowest BCUT2D eigenvalue weighted by atomic mass is 10.1. The number of nitrogens with zero attached hydrogens (tertiary/aromatic N) is 1. The lowest BCUT2D eigenvalue weighted by Crippen LogP contribution is -2.41. The van der Waals surface area contributed by atoms with Crippen molar-refractivity contribution in [2.24, 2.45) is 0 Å². The van der Waals surface area contributed by atoms with Crippen LogP contribution in [0.2, 0.25) is 0 Å². The molecule has 1 aliphatic rings. The van der Waals surface area contributed by atoms with E-state index in [0.29, 0.717) is 5.56 Å². The van der Waals surface area contributed by atoms with Gasteiger partial charge in [-0.2, -0.15) is 4.31 Å². The molecule has 0 aromatic heterocycles. The second-order valence-electron chi connectivity index (χ2n) is 3.85. The summed E-state index contributed by atoms with van der Waals surface area (Å²) < 4.78 is 31.0. The number of methoxy groups -OCH3 is 1. The van der Waals surface area contributed by atoms with E-state index in [0.717, 1.165) is 0 Å². The second-order valence-corrected chi connectivity index (χ2v) is 5.76. The van der Waals surface area contributed by atoms with Gasteiger partial charge in [0, 0.05) is 25.8 Å². The first-order valence-corrected chi connectivity index (χ1v) is 6.78.